The van der Waals surface area contributed by atoms with Gasteiger partial charge in [0.1, 0.15) is 5.69 Å². The standard InChI is InChI=1S/C17H10Cl2N4O3/c18-9-2-4-12-8(5-9)6-14(20-12)15(24)22-23-16(25)11-3-1-10(19)7-13(11)21-17(23)26/h1-7,20H,(H,21,26)(H,22,24). The van der Waals surface area contributed by atoms with Gasteiger partial charge in [0.05, 0.1) is 10.9 Å². The molecule has 0 atom stereocenters. The second kappa shape index (κ2) is 6.05. The van der Waals surface area contributed by atoms with E-state index in [2.05, 4.69) is 15.4 Å². The van der Waals surface area contributed by atoms with Gasteiger partial charge < -0.3 is 9.97 Å². The second-order valence-corrected chi connectivity index (χ2v) is 6.49. The monoisotopic (exact) mass is 388 g/mol. The highest BCUT2D eigenvalue weighted by Gasteiger charge is 2.14. The number of H-pyrrole nitrogens is 2. The molecule has 0 radical (unpaired) electrons. The summed E-state index contributed by atoms with van der Waals surface area (Å²) in [7, 11) is 0. The van der Waals surface area contributed by atoms with E-state index in [-0.39, 0.29) is 11.1 Å². The van der Waals surface area contributed by atoms with E-state index in [1.807, 2.05) is 0 Å². The van der Waals surface area contributed by atoms with Crippen LogP contribution in [-0.2, 0) is 0 Å². The van der Waals surface area contributed by atoms with Gasteiger partial charge in [0.25, 0.3) is 11.5 Å². The van der Waals surface area contributed by atoms with Crippen molar-refractivity contribution < 1.29 is 4.79 Å². The van der Waals surface area contributed by atoms with Gasteiger partial charge in [-0.1, -0.05) is 23.2 Å². The first-order valence-electron chi connectivity index (χ1n) is 7.46. The molecule has 9 heteroatoms. The Hall–Kier alpha value is -3.03. The SMILES string of the molecule is O=C(Nn1c(=O)[nH]c2cc(Cl)ccc2c1=O)c1cc2cc(Cl)ccc2[nH]1. The van der Waals surface area contributed by atoms with Gasteiger partial charge in [-0.25, -0.2) is 4.79 Å². The zero-order valence-electron chi connectivity index (χ0n) is 13.0. The first-order chi connectivity index (χ1) is 12.4. The highest BCUT2D eigenvalue weighted by atomic mass is 35.5. The molecule has 4 rings (SSSR count). The summed E-state index contributed by atoms with van der Waals surface area (Å²) in [5.41, 5.74) is 2.04. The Morgan fingerprint density at radius 2 is 1.65 bits per heavy atom. The molecule has 0 aliphatic rings. The van der Waals surface area contributed by atoms with Crippen LogP contribution < -0.4 is 16.7 Å². The molecular weight excluding hydrogens is 379 g/mol. The number of aromatic nitrogens is 3. The average molecular weight is 389 g/mol. The van der Waals surface area contributed by atoms with Crippen LogP contribution in [0.3, 0.4) is 0 Å². The summed E-state index contributed by atoms with van der Waals surface area (Å²) in [6.07, 6.45) is 0. The molecule has 26 heavy (non-hydrogen) atoms. The van der Waals surface area contributed by atoms with Crippen molar-refractivity contribution in [3.8, 4) is 0 Å². The van der Waals surface area contributed by atoms with Crippen LogP contribution >= 0.6 is 23.2 Å². The first-order valence-corrected chi connectivity index (χ1v) is 8.22. The van der Waals surface area contributed by atoms with E-state index in [0.717, 1.165) is 5.39 Å². The molecule has 0 fully saturated rings. The maximum atomic E-state index is 12.5. The maximum Gasteiger partial charge on any atom is 0.348 e. The van der Waals surface area contributed by atoms with E-state index >= 15 is 0 Å². The van der Waals surface area contributed by atoms with Gasteiger partial charge in [-0.15, -0.1) is 0 Å². The number of nitrogens with one attached hydrogen (secondary N) is 3. The zero-order chi connectivity index (χ0) is 18.4. The molecule has 3 N–H and O–H groups in total. The molecule has 2 aromatic heterocycles. The van der Waals surface area contributed by atoms with Gasteiger partial charge in [-0.05, 0) is 42.5 Å². The number of fused-ring (bicyclic) bond motifs is 2. The summed E-state index contributed by atoms with van der Waals surface area (Å²) in [4.78, 5) is 42.5. The lowest BCUT2D eigenvalue weighted by molar-refractivity contribution is 0.100. The summed E-state index contributed by atoms with van der Waals surface area (Å²) in [6.45, 7) is 0. The highest BCUT2D eigenvalue weighted by Crippen LogP contribution is 2.20. The Kier molecular flexibility index (Phi) is 3.82. The number of rotatable bonds is 2. The van der Waals surface area contributed by atoms with Crippen LogP contribution in [0.4, 0.5) is 0 Å². The van der Waals surface area contributed by atoms with E-state index in [9.17, 15) is 14.4 Å². The fourth-order valence-corrected chi connectivity index (χ4v) is 3.03. The van der Waals surface area contributed by atoms with Crippen LogP contribution in [0, 0.1) is 0 Å². The van der Waals surface area contributed by atoms with E-state index in [0.29, 0.717) is 25.8 Å². The lowest BCUT2D eigenvalue weighted by Gasteiger charge is -2.07. The number of carbonyl (C=O) groups excluding carboxylic acids is 1. The summed E-state index contributed by atoms with van der Waals surface area (Å²) in [6, 6.07) is 11.2. The third-order valence-corrected chi connectivity index (χ3v) is 4.37. The lowest BCUT2D eigenvalue weighted by Crippen LogP contribution is -2.43. The van der Waals surface area contributed by atoms with Crippen LogP contribution in [0.15, 0.2) is 52.1 Å². The summed E-state index contributed by atoms with van der Waals surface area (Å²) >= 11 is 11.8. The highest BCUT2D eigenvalue weighted by molar-refractivity contribution is 6.31. The van der Waals surface area contributed by atoms with Crippen LogP contribution in [0.2, 0.25) is 10.0 Å². The Balaban J connectivity index is 1.76. The molecule has 130 valence electrons. The summed E-state index contributed by atoms with van der Waals surface area (Å²) in [5, 5.41) is 1.87. The Morgan fingerprint density at radius 1 is 0.923 bits per heavy atom. The number of hydrogen-bond donors (Lipinski definition) is 3. The van der Waals surface area contributed by atoms with Gasteiger partial charge >= 0.3 is 5.69 Å². The van der Waals surface area contributed by atoms with Crippen molar-refractivity contribution >= 4 is 50.9 Å². The fourth-order valence-electron chi connectivity index (χ4n) is 2.68. The van der Waals surface area contributed by atoms with E-state index < -0.39 is 17.2 Å². The lowest BCUT2D eigenvalue weighted by atomic mass is 10.2. The van der Waals surface area contributed by atoms with Crippen molar-refractivity contribution in [2.45, 2.75) is 0 Å². The summed E-state index contributed by atoms with van der Waals surface area (Å²) in [5.74, 6) is -0.641. The largest absolute Gasteiger partial charge is 0.350 e. The van der Waals surface area contributed by atoms with Crippen LogP contribution in [0.1, 0.15) is 10.5 Å². The number of benzene rings is 2. The van der Waals surface area contributed by atoms with Crippen LogP contribution in [-0.4, -0.2) is 20.6 Å². The quantitative estimate of drug-likeness (QED) is 0.492. The number of hydrogen-bond acceptors (Lipinski definition) is 3. The molecule has 2 aromatic carbocycles. The number of carbonyl (C=O) groups is 1. The van der Waals surface area contributed by atoms with Crippen LogP contribution in [0.5, 0.6) is 0 Å². The molecule has 0 saturated heterocycles. The molecular formula is C17H10Cl2N4O3. The van der Waals surface area contributed by atoms with Crippen molar-refractivity contribution in [3.05, 3.63) is 79.0 Å². The molecule has 0 unspecified atom stereocenters. The molecule has 4 aromatic rings. The van der Waals surface area contributed by atoms with Crippen LogP contribution in [0.25, 0.3) is 21.8 Å². The molecule has 0 aliphatic carbocycles. The summed E-state index contributed by atoms with van der Waals surface area (Å²) < 4.78 is 0.622. The van der Waals surface area contributed by atoms with Gasteiger partial charge in [0.15, 0.2) is 0 Å². The molecule has 0 saturated carbocycles. The number of nitrogens with zero attached hydrogens (tertiary/aromatic N) is 1. The van der Waals surface area contributed by atoms with Crippen molar-refractivity contribution in [1.82, 2.24) is 14.6 Å². The Bertz CT molecular complexity index is 1300. The molecule has 0 bridgehead atoms. The predicted octanol–water partition coefficient (Wildman–Crippen LogP) is 2.86. The van der Waals surface area contributed by atoms with Gasteiger partial charge in [-0.2, -0.15) is 4.68 Å². The fraction of sp³-hybridized carbons (Fsp3) is 0. The molecule has 7 nitrogen and oxygen atoms in total. The third-order valence-electron chi connectivity index (χ3n) is 3.90. The number of amides is 1. The second-order valence-electron chi connectivity index (χ2n) is 5.62. The van der Waals surface area contributed by atoms with Gasteiger partial charge in [0, 0.05) is 20.9 Å². The number of aromatic amines is 2. The topological polar surface area (TPSA) is 99.8 Å². The normalized spacial score (nSPS) is 11.2. The van der Waals surface area contributed by atoms with Crippen molar-refractivity contribution in [3.63, 3.8) is 0 Å². The predicted molar refractivity (Wildman–Crippen MR) is 101 cm³/mol. The first kappa shape index (κ1) is 16.4. The Morgan fingerprint density at radius 3 is 2.46 bits per heavy atom. The third kappa shape index (κ3) is 2.77. The van der Waals surface area contributed by atoms with Crippen molar-refractivity contribution in [2.75, 3.05) is 5.43 Å². The minimum atomic E-state index is -0.780. The minimum absolute atomic E-state index is 0.185. The smallest absolute Gasteiger partial charge is 0.348 e. The minimum Gasteiger partial charge on any atom is -0.350 e. The van der Waals surface area contributed by atoms with E-state index in [4.69, 9.17) is 23.2 Å². The maximum absolute atomic E-state index is 12.5. The Labute approximate surface area is 155 Å². The van der Waals surface area contributed by atoms with E-state index in [1.54, 1.807) is 24.3 Å². The number of halogens is 2. The molecule has 1 amide bonds. The van der Waals surface area contributed by atoms with Crippen molar-refractivity contribution in [1.29, 1.82) is 0 Å². The van der Waals surface area contributed by atoms with E-state index in [1.165, 1.54) is 18.2 Å². The zero-order valence-corrected chi connectivity index (χ0v) is 14.5. The van der Waals surface area contributed by atoms with Gasteiger partial charge in [0.2, 0.25) is 0 Å². The molecule has 0 spiro atoms. The van der Waals surface area contributed by atoms with Gasteiger partial charge in [-0.3, -0.25) is 15.0 Å². The average Bonchev–Trinajstić information content (AvgIpc) is 3.01. The molecule has 2 heterocycles. The molecule has 0 aliphatic heterocycles. The van der Waals surface area contributed by atoms with Crippen molar-refractivity contribution in [2.24, 2.45) is 0 Å².